The average Bonchev–Trinajstić information content (AvgIpc) is 2.72. The molecule has 2 aromatic heterocycles. The predicted octanol–water partition coefficient (Wildman–Crippen LogP) is 4.50. The first-order valence-corrected chi connectivity index (χ1v) is 9.31. The first-order valence-electron chi connectivity index (χ1n) is 8.93. The standard InChI is InChI=1S/C22H14ClF2N3O2/c23-16-7-6-13(11-17(16)24)12-20(29)27-18-4-1-3-15-14(18)8-10-28(22(15)30)19-5-2-9-26-21(19)25/h1-11H,12H2,(H,27,29). The summed E-state index contributed by atoms with van der Waals surface area (Å²) in [5.41, 5.74) is 0.464. The third-order valence-electron chi connectivity index (χ3n) is 4.57. The summed E-state index contributed by atoms with van der Waals surface area (Å²) in [5.74, 6) is -1.75. The number of carbonyl (C=O) groups is 1. The van der Waals surface area contributed by atoms with Gasteiger partial charge in [-0.25, -0.2) is 9.37 Å². The molecule has 2 heterocycles. The van der Waals surface area contributed by atoms with Crippen molar-refractivity contribution >= 4 is 34.0 Å². The number of nitrogens with one attached hydrogen (secondary N) is 1. The topological polar surface area (TPSA) is 64.0 Å². The van der Waals surface area contributed by atoms with Crippen LogP contribution < -0.4 is 10.9 Å². The molecular formula is C22H14ClF2N3O2. The minimum absolute atomic E-state index is 0.0189. The quantitative estimate of drug-likeness (QED) is 0.490. The lowest BCUT2D eigenvalue weighted by atomic mass is 10.1. The van der Waals surface area contributed by atoms with E-state index in [-0.39, 0.29) is 23.0 Å². The van der Waals surface area contributed by atoms with Crippen molar-refractivity contribution in [1.82, 2.24) is 9.55 Å². The van der Waals surface area contributed by atoms with Crippen LogP contribution in [0.3, 0.4) is 0 Å². The maximum Gasteiger partial charge on any atom is 0.263 e. The number of anilines is 1. The van der Waals surface area contributed by atoms with Crippen LogP contribution in [0.25, 0.3) is 16.5 Å². The summed E-state index contributed by atoms with van der Waals surface area (Å²) in [6.45, 7) is 0. The van der Waals surface area contributed by atoms with Gasteiger partial charge in [0.25, 0.3) is 5.56 Å². The number of hydrogen-bond donors (Lipinski definition) is 1. The molecule has 4 aromatic rings. The molecule has 30 heavy (non-hydrogen) atoms. The fourth-order valence-electron chi connectivity index (χ4n) is 3.16. The second-order valence-corrected chi connectivity index (χ2v) is 6.95. The largest absolute Gasteiger partial charge is 0.325 e. The van der Waals surface area contributed by atoms with Crippen LogP contribution in [0.1, 0.15) is 5.56 Å². The highest BCUT2D eigenvalue weighted by Gasteiger charge is 2.13. The van der Waals surface area contributed by atoms with Gasteiger partial charge in [0.2, 0.25) is 11.9 Å². The molecule has 0 radical (unpaired) electrons. The van der Waals surface area contributed by atoms with E-state index >= 15 is 0 Å². The Morgan fingerprint density at radius 2 is 1.90 bits per heavy atom. The van der Waals surface area contributed by atoms with Crippen molar-refractivity contribution in [3.8, 4) is 5.69 Å². The normalized spacial score (nSPS) is 10.9. The van der Waals surface area contributed by atoms with Crippen molar-refractivity contribution in [2.24, 2.45) is 0 Å². The average molecular weight is 426 g/mol. The van der Waals surface area contributed by atoms with Gasteiger partial charge >= 0.3 is 0 Å². The van der Waals surface area contributed by atoms with Crippen molar-refractivity contribution in [3.63, 3.8) is 0 Å². The summed E-state index contributed by atoms with van der Waals surface area (Å²) >= 11 is 5.66. The number of hydrogen-bond acceptors (Lipinski definition) is 3. The highest BCUT2D eigenvalue weighted by atomic mass is 35.5. The van der Waals surface area contributed by atoms with Crippen LogP contribution in [0.5, 0.6) is 0 Å². The Bertz CT molecular complexity index is 1340. The number of benzene rings is 2. The van der Waals surface area contributed by atoms with E-state index in [9.17, 15) is 18.4 Å². The third kappa shape index (κ3) is 3.79. The number of halogens is 3. The molecule has 0 aliphatic rings. The summed E-state index contributed by atoms with van der Waals surface area (Å²) in [7, 11) is 0. The zero-order valence-electron chi connectivity index (χ0n) is 15.4. The number of pyridine rings is 2. The van der Waals surface area contributed by atoms with Gasteiger partial charge in [0.05, 0.1) is 11.4 Å². The molecule has 0 saturated heterocycles. The van der Waals surface area contributed by atoms with E-state index in [0.29, 0.717) is 22.0 Å². The summed E-state index contributed by atoms with van der Waals surface area (Å²) in [4.78, 5) is 28.9. The smallest absolute Gasteiger partial charge is 0.263 e. The lowest BCUT2D eigenvalue weighted by Gasteiger charge is -2.11. The molecule has 0 unspecified atom stereocenters. The number of amides is 1. The molecule has 4 rings (SSSR count). The van der Waals surface area contributed by atoms with E-state index in [2.05, 4.69) is 10.3 Å². The molecular weight excluding hydrogens is 412 g/mol. The van der Waals surface area contributed by atoms with Crippen LogP contribution >= 0.6 is 11.6 Å². The number of rotatable bonds is 4. The molecule has 0 fully saturated rings. The number of aromatic nitrogens is 2. The molecule has 0 atom stereocenters. The van der Waals surface area contributed by atoms with Gasteiger partial charge in [0, 0.05) is 28.9 Å². The Morgan fingerprint density at radius 3 is 2.67 bits per heavy atom. The maximum atomic E-state index is 14.0. The van der Waals surface area contributed by atoms with Gasteiger partial charge in [-0.05, 0) is 48.0 Å². The maximum absolute atomic E-state index is 14.0. The van der Waals surface area contributed by atoms with Crippen molar-refractivity contribution in [3.05, 3.63) is 99.7 Å². The molecule has 0 aliphatic carbocycles. The van der Waals surface area contributed by atoms with Crippen LogP contribution in [0.15, 0.2) is 71.8 Å². The lowest BCUT2D eigenvalue weighted by molar-refractivity contribution is -0.115. The van der Waals surface area contributed by atoms with E-state index in [1.54, 1.807) is 30.3 Å². The first kappa shape index (κ1) is 19.7. The van der Waals surface area contributed by atoms with Gasteiger partial charge in [-0.15, -0.1) is 0 Å². The summed E-state index contributed by atoms with van der Waals surface area (Å²) in [6, 6.07) is 13.6. The van der Waals surface area contributed by atoms with Crippen molar-refractivity contribution in [2.45, 2.75) is 6.42 Å². The minimum atomic E-state index is -0.765. The highest BCUT2D eigenvalue weighted by Crippen LogP contribution is 2.22. The van der Waals surface area contributed by atoms with Crippen LogP contribution in [0.4, 0.5) is 14.5 Å². The Kier molecular flexibility index (Phi) is 5.29. The molecule has 8 heteroatoms. The number of nitrogens with zero attached hydrogens (tertiary/aromatic N) is 2. The van der Waals surface area contributed by atoms with Crippen LogP contribution in [-0.2, 0) is 11.2 Å². The highest BCUT2D eigenvalue weighted by molar-refractivity contribution is 6.30. The zero-order chi connectivity index (χ0) is 21.3. The first-order chi connectivity index (χ1) is 14.4. The Morgan fingerprint density at radius 1 is 1.07 bits per heavy atom. The van der Waals surface area contributed by atoms with E-state index in [0.717, 1.165) is 4.57 Å². The fourth-order valence-corrected chi connectivity index (χ4v) is 3.28. The summed E-state index contributed by atoms with van der Waals surface area (Å²) < 4.78 is 28.7. The van der Waals surface area contributed by atoms with Crippen molar-refractivity contribution in [2.75, 3.05) is 5.32 Å². The Hall–Kier alpha value is -3.58. The predicted molar refractivity (Wildman–Crippen MR) is 111 cm³/mol. The monoisotopic (exact) mass is 425 g/mol. The Labute approximate surface area is 174 Å². The van der Waals surface area contributed by atoms with Gasteiger partial charge < -0.3 is 5.32 Å². The van der Waals surface area contributed by atoms with E-state index < -0.39 is 17.3 Å². The van der Waals surface area contributed by atoms with E-state index in [1.807, 2.05) is 0 Å². The molecule has 0 bridgehead atoms. The molecule has 5 nitrogen and oxygen atoms in total. The summed E-state index contributed by atoms with van der Waals surface area (Å²) in [5, 5.41) is 3.52. The zero-order valence-corrected chi connectivity index (χ0v) is 16.2. The second-order valence-electron chi connectivity index (χ2n) is 6.54. The van der Waals surface area contributed by atoms with E-state index in [4.69, 9.17) is 11.6 Å². The molecule has 2 aromatic carbocycles. The van der Waals surface area contributed by atoms with Crippen molar-refractivity contribution in [1.29, 1.82) is 0 Å². The van der Waals surface area contributed by atoms with Gasteiger partial charge in [-0.3, -0.25) is 14.2 Å². The molecule has 150 valence electrons. The molecule has 1 N–H and O–H groups in total. The summed E-state index contributed by atoms with van der Waals surface area (Å²) in [6.07, 6.45) is 2.66. The van der Waals surface area contributed by atoms with Gasteiger partial charge in [0.15, 0.2) is 0 Å². The van der Waals surface area contributed by atoms with Crippen LogP contribution in [0, 0.1) is 11.8 Å². The third-order valence-corrected chi connectivity index (χ3v) is 4.87. The van der Waals surface area contributed by atoms with Crippen LogP contribution in [-0.4, -0.2) is 15.5 Å². The number of fused-ring (bicyclic) bond motifs is 1. The fraction of sp³-hybridized carbons (Fsp3) is 0.0455. The van der Waals surface area contributed by atoms with Crippen molar-refractivity contribution < 1.29 is 13.6 Å². The number of carbonyl (C=O) groups excluding carboxylic acids is 1. The molecule has 0 spiro atoms. The van der Waals surface area contributed by atoms with Gasteiger partial charge in [-0.2, -0.15) is 4.39 Å². The molecule has 0 aliphatic heterocycles. The van der Waals surface area contributed by atoms with Gasteiger partial charge in [0.1, 0.15) is 11.5 Å². The lowest BCUT2D eigenvalue weighted by Crippen LogP contribution is -2.20. The van der Waals surface area contributed by atoms with Crippen LogP contribution in [0.2, 0.25) is 5.02 Å². The SMILES string of the molecule is O=C(Cc1ccc(Cl)c(F)c1)Nc1cccc2c(=O)n(-c3cccnc3F)ccc12. The minimum Gasteiger partial charge on any atom is -0.325 e. The Balaban J connectivity index is 1.66. The molecule has 1 amide bonds. The second kappa shape index (κ2) is 8.04. The van der Waals surface area contributed by atoms with Gasteiger partial charge in [-0.1, -0.05) is 23.7 Å². The van der Waals surface area contributed by atoms with E-state index in [1.165, 1.54) is 36.7 Å². The molecule has 0 saturated carbocycles.